The zero-order valence-electron chi connectivity index (χ0n) is 6.49. The van der Waals surface area contributed by atoms with E-state index in [0.717, 1.165) is 0 Å². The van der Waals surface area contributed by atoms with Crippen LogP contribution in [0.2, 0.25) is 0 Å². The van der Waals surface area contributed by atoms with Crippen LogP contribution in [0.1, 0.15) is 5.56 Å². The molecule has 0 aliphatic rings. The van der Waals surface area contributed by atoms with E-state index in [1.807, 2.05) is 0 Å². The van der Waals surface area contributed by atoms with Crippen molar-refractivity contribution in [1.29, 1.82) is 0 Å². The van der Waals surface area contributed by atoms with E-state index in [1.54, 1.807) is 12.1 Å². The van der Waals surface area contributed by atoms with Gasteiger partial charge < -0.3 is 9.94 Å². The van der Waals surface area contributed by atoms with E-state index in [-0.39, 0.29) is 10.9 Å². The average molecular weight is 186 g/mol. The molecule has 1 rings (SSSR count). The lowest BCUT2D eigenvalue weighted by atomic mass is 10.2. The third-order valence-electron chi connectivity index (χ3n) is 1.28. The summed E-state index contributed by atoms with van der Waals surface area (Å²) >= 11 is 5.70. The molecule has 3 nitrogen and oxygen atoms in total. The molecule has 0 fully saturated rings. The summed E-state index contributed by atoms with van der Waals surface area (Å²) in [6.45, 7) is 0. The maximum atomic E-state index is 8.95. The van der Waals surface area contributed by atoms with Crippen LogP contribution in [0.3, 0.4) is 0 Å². The molecule has 0 radical (unpaired) electrons. The van der Waals surface area contributed by atoms with E-state index in [0.29, 0.717) is 5.56 Å². The SMILES string of the molecule is CO/N=C(\Cl)c1ccc(O)cc1. The Morgan fingerprint density at radius 3 is 2.50 bits per heavy atom. The molecule has 12 heavy (non-hydrogen) atoms. The number of phenols is 1. The van der Waals surface area contributed by atoms with Crippen LogP contribution in [0.4, 0.5) is 0 Å². The van der Waals surface area contributed by atoms with Gasteiger partial charge in [-0.05, 0) is 24.3 Å². The zero-order chi connectivity index (χ0) is 8.97. The summed E-state index contributed by atoms with van der Waals surface area (Å²) in [6.07, 6.45) is 0. The molecule has 0 saturated heterocycles. The van der Waals surface area contributed by atoms with Gasteiger partial charge in [-0.15, -0.1) is 0 Å². The minimum atomic E-state index is 0.195. The number of benzene rings is 1. The van der Waals surface area contributed by atoms with E-state index >= 15 is 0 Å². The second kappa shape index (κ2) is 3.97. The maximum absolute atomic E-state index is 8.95. The molecule has 0 aliphatic heterocycles. The van der Waals surface area contributed by atoms with Crippen molar-refractivity contribution in [2.24, 2.45) is 5.16 Å². The number of aromatic hydroxyl groups is 1. The number of hydrogen-bond acceptors (Lipinski definition) is 3. The Bertz CT molecular complexity index is 282. The Kier molecular flexibility index (Phi) is 2.94. The van der Waals surface area contributed by atoms with Crippen LogP contribution in [0.5, 0.6) is 5.75 Å². The van der Waals surface area contributed by atoms with Crippen molar-refractivity contribution in [1.82, 2.24) is 0 Å². The van der Waals surface area contributed by atoms with Crippen LogP contribution < -0.4 is 0 Å². The predicted octanol–water partition coefficient (Wildman–Crippen LogP) is 1.94. The Morgan fingerprint density at radius 2 is 2.00 bits per heavy atom. The van der Waals surface area contributed by atoms with Gasteiger partial charge in [0.15, 0.2) is 5.17 Å². The van der Waals surface area contributed by atoms with Crippen molar-refractivity contribution in [2.75, 3.05) is 7.11 Å². The first-order chi connectivity index (χ1) is 5.74. The van der Waals surface area contributed by atoms with Crippen molar-refractivity contribution in [3.63, 3.8) is 0 Å². The monoisotopic (exact) mass is 185 g/mol. The molecule has 64 valence electrons. The van der Waals surface area contributed by atoms with Crippen molar-refractivity contribution in [3.8, 4) is 5.75 Å². The standard InChI is InChI=1S/C8H8ClNO2/c1-12-10-8(9)6-2-4-7(11)5-3-6/h2-5,11H,1H3/b10-8-. The molecule has 0 unspecified atom stereocenters. The van der Waals surface area contributed by atoms with Crippen LogP contribution >= 0.6 is 11.6 Å². The van der Waals surface area contributed by atoms with E-state index in [2.05, 4.69) is 9.99 Å². The largest absolute Gasteiger partial charge is 0.508 e. The maximum Gasteiger partial charge on any atom is 0.175 e. The molecular weight excluding hydrogens is 178 g/mol. The van der Waals surface area contributed by atoms with Gasteiger partial charge in [-0.3, -0.25) is 0 Å². The van der Waals surface area contributed by atoms with E-state index in [9.17, 15) is 0 Å². The van der Waals surface area contributed by atoms with Crippen LogP contribution in [-0.4, -0.2) is 17.4 Å². The zero-order valence-corrected chi connectivity index (χ0v) is 7.25. The third-order valence-corrected chi connectivity index (χ3v) is 1.56. The first kappa shape index (κ1) is 8.87. The highest BCUT2D eigenvalue weighted by Gasteiger charge is 1.98. The lowest BCUT2D eigenvalue weighted by Gasteiger charge is -1.96. The Balaban J connectivity index is 2.89. The highest BCUT2D eigenvalue weighted by Crippen LogP contribution is 2.11. The van der Waals surface area contributed by atoms with Crippen LogP contribution in [0.15, 0.2) is 29.4 Å². The highest BCUT2D eigenvalue weighted by atomic mass is 35.5. The number of oxime groups is 1. The number of halogens is 1. The van der Waals surface area contributed by atoms with Crippen molar-refractivity contribution >= 4 is 16.8 Å². The number of rotatable bonds is 2. The van der Waals surface area contributed by atoms with Crippen molar-refractivity contribution in [3.05, 3.63) is 29.8 Å². The summed E-state index contributed by atoms with van der Waals surface area (Å²) in [6, 6.07) is 6.37. The second-order valence-corrected chi connectivity index (χ2v) is 2.47. The molecule has 0 aromatic heterocycles. The van der Waals surface area contributed by atoms with E-state index < -0.39 is 0 Å². The lowest BCUT2D eigenvalue weighted by Crippen LogP contribution is -1.90. The summed E-state index contributed by atoms with van der Waals surface area (Å²) in [7, 11) is 1.42. The number of hydrogen-bond donors (Lipinski definition) is 1. The van der Waals surface area contributed by atoms with Gasteiger partial charge >= 0.3 is 0 Å². The molecule has 0 heterocycles. The first-order valence-electron chi connectivity index (χ1n) is 3.30. The quantitative estimate of drug-likeness (QED) is 0.565. The molecule has 4 heteroatoms. The van der Waals surface area contributed by atoms with Gasteiger partial charge in [0.05, 0.1) is 0 Å². The minimum Gasteiger partial charge on any atom is -0.508 e. The van der Waals surface area contributed by atoms with Gasteiger partial charge in [-0.25, -0.2) is 0 Å². The molecule has 0 aliphatic carbocycles. The van der Waals surface area contributed by atoms with Gasteiger partial charge in [0.1, 0.15) is 12.9 Å². The minimum absolute atomic E-state index is 0.195. The summed E-state index contributed by atoms with van der Waals surface area (Å²) in [4.78, 5) is 4.48. The first-order valence-corrected chi connectivity index (χ1v) is 3.68. The molecule has 0 atom stereocenters. The summed E-state index contributed by atoms with van der Waals surface area (Å²) in [5, 5.41) is 12.7. The van der Waals surface area contributed by atoms with Gasteiger partial charge in [0.25, 0.3) is 0 Å². The molecule has 1 aromatic carbocycles. The summed E-state index contributed by atoms with van der Waals surface area (Å²) < 4.78 is 0. The molecule has 1 aromatic rings. The van der Waals surface area contributed by atoms with E-state index in [1.165, 1.54) is 19.2 Å². The normalized spacial score (nSPS) is 11.3. The van der Waals surface area contributed by atoms with Crippen molar-refractivity contribution in [2.45, 2.75) is 0 Å². The Morgan fingerprint density at radius 1 is 1.42 bits per heavy atom. The smallest absolute Gasteiger partial charge is 0.175 e. The number of nitrogens with zero attached hydrogens (tertiary/aromatic N) is 1. The lowest BCUT2D eigenvalue weighted by molar-refractivity contribution is 0.214. The highest BCUT2D eigenvalue weighted by molar-refractivity contribution is 6.69. The molecule has 0 spiro atoms. The van der Waals surface area contributed by atoms with Crippen molar-refractivity contribution < 1.29 is 9.94 Å². The fourth-order valence-corrected chi connectivity index (χ4v) is 0.927. The Labute approximate surface area is 75.2 Å². The van der Waals surface area contributed by atoms with Gasteiger partial charge in [0, 0.05) is 5.56 Å². The summed E-state index contributed by atoms with van der Waals surface area (Å²) in [5.74, 6) is 0.195. The summed E-state index contributed by atoms with van der Waals surface area (Å²) in [5.41, 5.74) is 0.705. The van der Waals surface area contributed by atoms with Crippen LogP contribution in [0.25, 0.3) is 0 Å². The van der Waals surface area contributed by atoms with Gasteiger partial charge in [-0.2, -0.15) is 0 Å². The molecular formula is C8H8ClNO2. The fraction of sp³-hybridized carbons (Fsp3) is 0.125. The predicted molar refractivity (Wildman–Crippen MR) is 47.5 cm³/mol. The molecule has 1 N–H and O–H groups in total. The average Bonchev–Trinajstić information content (AvgIpc) is 2.06. The second-order valence-electron chi connectivity index (χ2n) is 2.11. The topological polar surface area (TPSA) is 41.8 Å². The fourth-order valence-electron chi connectivity index (χ4n) is 0.732. The van der Waals surface area contributed by atoms with E-state index in [4.69, 9.17) is 16.7 Å². The molecule has 0 amide bonds. The molecule has 0 bridgehead atoms. The molecule has 0 saturated carbocycles. The van der Waals surface area contributed by atoms with Gasteiger partial charge in [0.2, 0.25) is 0 Å². The van der Waals surface area contributed by atoms with Gasteiger partial charge in [-0.1, -0.05) is 16.8 Å². The van der Waals surface area contributed by atoms with Crippen LogP contribution in [0, 0.1) is 0 Å². The Hall–Kier alpha value is -1.22. The third kappa shape index (κ3) is 2.13. The van der Waals surface area contributed by atoms with Crippen LogP contribution in [-0.2, 0) is 4.84 Å². The number of phenolic OH excluding ortho intramolecular Hbond substituents is 1.